The average Bonchev–Trinajstić information content (AvgIpc) is 2.85. The maximum atomic E-state index is 11.9. The summed E-state index contributed by atoms with van der Waals surface area (Å²) in [7, 11) is 0. The number of hydrogen-bond donors (Lipinski definition) is 2. The number of ketones is 1. The molecule has 6 heteroatoms. The van der Waals surface area contributed by atoms with E-state index in [1.165, 1.54) is 38.5 Å². The van der Waals surface area contributed by atoms with Crippen LogP contribution < -0.4 is 4.74 Å². The maximum absolute atomic E-state index is 11.9. The lowest BCUT2D eigenvalue weighted by Gasteiger charge is -2.57. The van der Waals surface area contributed by atoms with Crippen LogP contribution >= 0.6 is 0 Å². The van der Waals surface area contributed by atoms with Gasteiger partial charge in [-0.25, -0.2) is 0 Å². The van der Waals surface area contributed by atoms with Gasteiger partial charge in [-0.1, -0.05) is 31.5 Å². The van der Waals surface area contributed by atoms with Crippen molar-refractivity contribution in [3.63, 3.8) is 0 Å². The van der Waals surface area contributed by atoms with Crippen molar-refractivity contribution in [1.82, 2.24) is 0 Å². The van der Waals surface area contributed by atoms with E-state index in [1.54, 1.807) is 12.1 Å². The predicted molar refractivity (Wildman–Crippen MR) is 143 cm³/mol. The third-order valence-corrected chi connectivity index (χ3v) is 8.50. The van der Waals surface area contributed by atoms with E-state index in [-0.39, 0.29) is 18.6 Å². The van der Waals surface area contributed by atoms with E-state index in [0.29, 0.717) is 24.0 Å². The molecule has 0 aromatic heterocycles. The van der Waals surface area contributed by atoms with E-state index >= 15 is 0 Å². The van der Waals surface area contributed by atoms with E-state index in [4.69, 9.17) is 14.9 Å². The summed E-state index contributed by atoms with van der Waals surface area (Å²) < 4.78 is 5.66. The zero-order chi connectivity index (χ0) is 26.4. The van der Waals surface area contributed by atoms with Gasteiger partial charge in [0.1, 0.15) is 5.75 Å². The van der Waals surface area contributed by atoms with Gasteiger partial charge >= 0.3 is 11.9 Å². The number of hydrogen-bond acceptors (Lipinski definition) is 4. The molecule has 6 rings (SSSR count). The molecule has 0 amide bonds. The van der Waals surface area contributed by atoms with Gasteiger partial charge < -0.3 is 14.9 Å². The second kappa shape index (κ2) is 12.1. The van der Waals surface area contributed by atoms with Gasteiger partial charge in [0.25, 0.3) is 0 Å². The minimum atomic E-state index is -0.956. The van der Waals surface area contributed by atoms with Crippen LogP contribution in [0.4, 0.5) is 0 Å². The molecular formula is C31H40O6. The molecule has 4 fully saturated rings. The smallest absolute Gasteiger partial charge is 0.303 e. The Morgan fingerprint density at radius 1 is 0.838 bits per heavy atom. The summed E-state index contributed by atoms with van der Waals surface area (Å²) in [5.74, 6) is 1.97. The summed E-state index contributed by atoms with van der Waals surface area (Å²) in [6.07, 6.45) is 11.7. The predicted octanol–water partition coefficient (Wildman–Crippen LogP) is 7.13. The molecule has 0 radical (unpaired) electrons. The van der Waals surface area contributed by atoms with E-state index in [1.807, 2.05) is 24.3 Å². The fourth-order valence-corrected chi connectivity index (χ4v) is 7.15. The molecule has 0 atom stereocenters. The molecule has 4 aliphatic carbocycles. The number of fused-ring (bicyclic) bond motifs is 1. The van der Waals surface area contributed by atoms with Gasteiger partial charge in [-0.2, -0.15) is 0 Å². The normalized spacial score (nSPS) is 25.4. The van der Waals surface area contributed by atoms with Gasteiger partial charge in [-0.3, -0.25) is 14.4 Å². The van der Waals surface area contributed by atoms with Crippen LogP contribution in [0.5, 0.6) is 5.75 Å². The monoisotopic (exact) mass is 508 g/mol. The lowest BCUT2D eigenvalue weighted by molar-refractivity contribution is -0.139. The minimum Gasteiger partial charge on any atom is -0.494 e. The summed E-state index contributed by atoms with van der Waals surface area (Å²) in [5.41, 5.74) is 1.00. The van der Waals surface area contributed by atoms with Crippen LogP contribution in [0, 0.1) is 23.2 Å². The molecule has 0 saturated heterocycles. The van der Waals surface area contributed by atoms with Gasteiger partial charge in [0.05, 0.1) is 13.0 Å². The molecule has 6 nitrogen and oxygen atoms in total. The van der Waals surface area contributed by atoms with E-state index in [9.17, 15) is 14.4 Å². The molecular weight excluding hydrogens is 468 g/mol. The molecule has 0 heterocycles. The van der Waals surface area contributed by atoms with Crippen LogP contribution in [0.3, 0.4) is 0 Å². The largest absolute Gasteiger partial charge is 0.494 e. The van der Waals surface area contributed by atoms with E-state index in [0.717, 1.165) is 53.5 Å². The molecule has 200 valence electrons. The molecule has 0 spiro atoms. The van der Waals surface area contributed by atoms with Crippen molar-refractivity contribution in [3.8, 4) is 5.75 Å². The van der Waals surface area contributed by atoms with Gasteiger partial charge in [0.2, 0.25) is 0 Å². The second-order valence-corrected chi connectivity index (χ2v) is 11.6. The Balaban J connectivity index is 0.000000184. The van der Waals surface area contributed by atoms with Crippen molar-refractivity contribution in [2.45, 2.75) is 84.0 Å². The maximum Gasteiger partial charge on any atom is 0.303 e. The highest BCUT2D eigenvalue weighted by molar-refractivity contribution is 6.01. The number of carboxylic acid groups (broad SMARTS) is 2. The summed E-state index contributed by atoms with van der Waals surface area (Å²) in [4.78, 5) is 33.2. The Hall–Kier alpha value is -2.89. The van der Waals surface area contributed by atoms with Crippen molar-refractivity contribution in [3.05, 3.63) is 42.0 Å². The van der Waals surface area contributed by atoms with Crippen molar-refractivity contribution in [1.29, 1.82) is 0 Å². The Morgan fingerprint density at radius 3 is 2.03 bits per heavy atom. The summed E-state index contributed by atoms with van der Waals surface area (Å²) in [5, 5.41) is 19.4. The Kier molecular flexibility index (Phi) is 8.88. The molecule has 4 aliphatic rings. The van der Waals surface area contributed by atoms with Crippen molar-refractivity contribution < 1.29 is 29.3 Å². The third-order valence-electron chi connectivity index (χ3n) is 8.50. The number of carbonyl (C=O) groups excluding carboxylic acids is 1. The average molecular weight is 509 g/mol. The fourth-order valence-electron chi connectivity index (χ4n) is 7.15. The van der Waals surface area contributed by atoms with E-state index < -0.39 is 11.9 Å². The zero-order valence-corrected chi connectivity index (χ0v) is 21.9. The summed E-state index contributed by atoms with van der Waals surface area (Å²) >= 11 is 0. The van der Waals surface area contributed by atoms with Crippen LogP contribution in [0.1, 0.15) is 94.3 Å². The van der Waals surface area contributed by atoms with Crippen LogP contribution in [0.15, 0.2) is 36.4 Å². The zero-order valence-electron chi connectivity index (χ0n) is 21.9. The number of carboxylic acids is 2. The second-order valence-electron chi connectivity index (χ2n) is 11.6. The summed E-state index contributed by atoms with van der Waals surface area (Å²) in [6, 6.07) is 11.2. The Labute approximate surface area is 219 Å². The SMILES string of the molecule is CCCCOc1ccc2cc(C(=O)CCC(=O)O)ccc2c1.O=C(O)CCC12CC3CC(CC(C3)C1)C2. The molecule has 2 aromatic rings. The highest BCUT2D eigenvalue weighted by Gasteiger charge is 2.50. The van der Waals surface area contributed by atoms with Crippen LogP contribution in [-0.4, -0.2) is 34.5 Å². The molecule has 2 N–H and O–H groups in total. The van der Waals surface area contributed by atoms with Gasteiger partial charge in [-0.15, -0.1) is 0 Å². The van der Waals surface area contributed by atoms with Crippen molar-refractivity contribution >= 4 is 28.5 Å². The first kappa shape index (κ1) is 27.2. The first-order valence-corrected chi connectivity index (χ1v) is 13.9. The first-order valence-electron chi connectivity index (χ1n) is 13.9. The minimum absolute atomic E-state index is 0.0268. The standard InChI is InChI=1S/C18H20O4.C13H20O2/c1-2-3-10-22-16-7-6-13-11-15(5-4-14(13)12-16)17(19)8-9-18(20)21;14-12(15)1-2-13-6-9-3-10(7-13)5-11(4-9)8-13/h4-7,11-12H,2-3,8-10H2,1H3,(H,20,21);9-11H,1-8H2,(H,14,15). The summed E-state index contributed by atoms with van der Waals surface area (Å²) in [6.45, 7) is 2.82. The number of benzene rings is 2. The molecule has 4 bridgehead atoms. The number of ether oxygens (including phenoxy) is 1. The topological polar surface area (TPSA) is 101 Å². The number of unbranched alkanes of at least 4 members (excludes halogenated alkanes) is 1. The van der Waals surface area contributed by atoms with Crippen LogP contribution in [0.25, 0.3) is 10.8 Å². The van der Waals surface area contributed by atoms with Crippen LogP contribution in [0.2, 0.25) is 0 Å². The van der Waals surface area contributed by atoms with Gasteiger partial charge in [-0.05, 0) is 104 Å². The third kappa shape index (κ3) is 7.33. The number of Topliss-reactive ketones (excluding diaryl/α,β-unsaturated/α-hetero) is 1. The lowest BCUT2D eigenvalue weighted by Crippen LogP contribution is -2.46. The molecule has 37 heavy (non-hydrogen) atoms. The fraction of sp³-hybridized carbons (Fsp3) is 0.581. The quantitative estimate of drug-likeness (QED) is 0.247. The Bertz CT molecular complexity index is 1080. The molecule has 4 saturated carbocycles. The van der Waals surface area contributed by atoms with Gasteiger partial charge in [0.15, 0.2) is 5.78 Å². The Morgan fingerprint density at radius 2 is 1.43 bits per heavy atom. The molecule has 0 unspecified atom stereocenters. The van der Waals surface area contributed by atoms with Crippen molar-refractivity contribution in [2.24, 2.45) is 23.2 Å². The van der Waals surface area contributed by atoms with E-state index in [2.05, 4.69) is 6.92 Å². The molecule has 0 aliphatic heterocycles. The highest BCUT2D eigenvalue weighted by atomic mass is 16.5. The molecule has 2 aromatic carbocycles. The number of rotatable bonds is 11. The van der Waals surface area contributed by atoms with Gasteiger partial charge in [0, 0.05) is 18.4 Å². The first-order chi connectivity index (χ1) is 17.7. The lowest BCUT2D eigenvalue weighted by atomic mass is 9.48. The van der Waals surface area contributed by atoms with Crippen molar-refractivity contribution in [2.75, 3.05) is 6.61 Å². The van der Waals surface area contributed by atoms with Crippen LogP contribution in [-0.2, 0) is 9.59 Å². The number of aliphatic carboxylic acids is 2. The number of carbonyl (C=O) groups is 3. The highest BCUT2D eigenvalue weighted by Crippen LogP contribution is 2.61.